The van der Waals surface area contributed by atoms with Crippen LogP contribution in [0, 0.1) is 17.8 Å². The number of aliphatic hydroxyl groups is 1. The molecule has 0 saturated heterocycles. The first-order valence-corrected chi connectivity index (χ1v) is 7.83. The van der Waals surface area contributed by atoms with Crippen molar-refractivity contribution in [3.63, 3.8) is 0 Å². The van der Waals surface area contributed by atoms with E-state index in [1.807, 2.05) is 24.4 Å². The molecule has 1 N–H and O–H groups in total. The molecule has 2 bridgehead atoms. The average molecular weight is 267 g/mol. The van der Waals surface area contributed by atoms with Crippen LogP contribution in [0.1, 0.15) is 43.8 Å². The zero-order chi connectivity index (χ0) is 13.5. The Morgan fingerprint density at radius 1 is 1.15 bits per heavy atom. The molecule has 2 aromatic rings. The normalized spacial score (nSPS) is 29.9. The highest BCUT2D eigenvalue weighted by Crippen LogP contribution is 2.51. The van der Waals surface area contributed by atoms with E-state index in [0.29, 0.717) is 0 Å². The van der Waals surface area contributed by atoms with Gasteiger partial charge in [0.05, 0.1) is 11.6 Å². The van der Waals surface area contributed by atoms with Crippen molar-refractivity contribution in [3.05, 3.63) is 42.1 Å². The number of hydrogen-bond acceptors (Lipinski definition) is 2. The van der Waals surface area contributed by atoms with E-state index < -0.39 is 0 Å². The summed E-state index contributed by atoms with van der Waals surface area (Å²) in [6.07, 6.45) is 7.92. The van der Waals surface area contributed by atoms with Crippen molar-refractivity contribution in [3.8, 4) is 0 Å². The maximum atomic E-state index is 10.7. The molecule has 4 unspecified atom stereocenters. The molecule has 2 aliphatic carbocycles. The smallest absolute Gasteiger partial charge is 0.0813 e. The van der Waals surface area contributed by atoms with Crippen molar-refractivity contribution < 1.29 is 5.11 Å². The summed E-state index contributed by atoms with van der Waals surface area (Å²) < 4.78 is 0. The second kappa shape index (κ2) is 4.85. The van der Waals surface area contributed by atoms with Crippen LogP contribution in [-0.4, -0.2) is 10.1 Å². The van der Waals surface area contributed by atoms with Gasteiger partial charge >= 0.3 is 0 Å². The number of para-hydroxylation sites is 1. The molecule has 2 nitrogen and oxygen atoms in total. The van der Waals surface area contributed by atoms with Gasteiger partial charge in [0.15, 0.2) is 0 Å². The maximum Gasteiger partial charge on any atom is 0.0813 e. The number of aliphatic hydroxyl groups excluding tert-OH is 1. The third-order valence-corrected chi connectivity index (χ3v) is 5.43. The van der Waals surface area contributed by atoms with Gasteiger partial charge in [-0.25, -0.2) is 0 Å². The van der Waals surface area contributed by atoms with Gasteiger partial charge in [-0.05, 0) is 49.5 Å². The van der Waals surface area contributed by atoms with Crippen molar-refractivity contribution in [2.75, 3.05) is 0 Å². The molecule has 1 heterocycles. The quantitative estimate of drug-likeness (QED) is 0.908. The van der Waals surface area contributed by atoms with Gasteiger partial charge in [0, 0.05) is 17.1 Å². The van der Waals surface area contributed by atoms with E-state index in [1.165, 1.54) is 25.7 Å². The van der Waals surface area contributed by atoms with Crippen LogP contribution in [0.2, 0.25) is 0 Å². The second-order valence-corrected chi connectivity index (χ2v) is 6.61. The molecule has 4 atom stereocenters. The summed E-state index contributed by atoms with van der Waals surface area (Å²) in [6.45, 7) is 0. The second-order valence-electron chi connectivity index (χ2n) is 6.61. The van der Waals surface area contributed by atoms with Crippen LogP contribution in [0.15, 0.2) is 36.5 Å². The topological polar surface area (TPSA) is 33.1 Å². The number of hydrogen-bond donors (Lipinski definition) is 1. The minimum absolute atomic E-state index is 0.363. The lowest BCUT2D eigenvalue weighted by molar-refractivity contribution is 0.126. The van der Waals surface area contributed by atoms with Crippen molar-refractivity contribution in [2.45, 2.75) is 38.2 Å². The Morgan fingerprint density at radius 2 is 2.05 bits per heavy atom. The summed E-state index contributed by atoms with van der Waals surface area (Å²) in [5.41, 5.74) is 1.97. The summed E-state index contributed by atoms with van der Waals surface area (Å²) in [4.78, 5) is 4.46. The van der Waals surface area contributed by atoms with E-state index >= 15 is 0 Å². The number of rotatable bonds is 3. The fourth-order valence-corrected chi connectivity index (χ4v) is 4.48. The molecule has 2 fully saturated rings. The van der Waals surface area contributed by atoms with Crippen LogP contribution >= 0.6 is 0 Å². The molecule has 0 radical (unpaired) electrons. The maximum absolute atomic E-state index is 10.7. The number of fused-ring (bicyclic) bond motifs is 3. The fraction of sp³-hybridized carbons (Fsp3) is 0.500. The SMILES string of the molecule is OC(CC1CC2CCC1C2)c1cccc2cccnc12. The van der Waals surface area contributed by atoms with Gasteiger partial charge in [-0.3, -0.25) is 4.98 Å². The van der Waals surface area contributed by atoms with Crippen molar-refractivity contribution in [1.82, 2.24) is 4.98 Å². The zero-order valence-electron chi connectivity index (χ0n) is 11.7. The Balaban J connectivity index is 1.59. The highest BCUT2D eigenvalue weighted by molar-refractivity contribution is 5.81. The number of benzene rings is 1. The molecule has 0 amide bonds. The summed E-state index contributed by atoms with van der Waals surface area (Å²) in [7, 11) is 0. The van der Waals surface area contributed by atoms with Gasteiger partial charge in [-0.15, -0.1) is 0 Å². The predicted molar refractivity (Wildman–Crippen MR) is 80.3 cm³/mol. The first-order chi connectivity index (χ1) is 9.81. The van der Waals surface area contributed by atoms with Crippen LogP contribution < -0.4 is 0 Å². The third-order valence-electron chi connectivity index (χ3n) is 5.43. The monoisotopic (exact) mass is 267 g/mol. The van der Waals surface area contributed by atoms with Gasteiger partial charge in [-0.1, -0.05) is 30.7 Å². The van der Waals surface area contributed by atoms with Gasteiger partial charge in [0.25, 0.3) is 0 Å². The molecule has 1 aromatic heterocycles. The van der Waals surface area contributed by atoms with Crippen LogP contribution in [0.5, 0.6) is 0 Å². The Hall–Kier alpha value is -1.41. The molecule has 0 aliphatic heterocycles. The molecular formula is C18H21NO. The Bertz CT molecular complexity index is 618. The van der Waals surface area contributed by atoms with Crippen LogP contribution in [0.25, 0.3) is 10.9 Å². The zero-order valence-corrected chi connectivity index (χ0v) is 11.7. The van der Waals surface area contributed by atoms with E-state index in [-0.39, 0.29) is 6.10 Å². The number of nitrogens with zero attached hydrogens (tertiary/aromatic N) is 1. The minimum Gasteiger partial charge on any atom is -0.388 e. The van der Waals surface area contributed by atoms with E-state index in [4.69, 9.17) is 0 Å². The lowest BCUT2D eigenvalue weighted by atomic mass is 9.83. The predicted octanol–water partition coefficient (Wildman–Crippen LogP) is 4.09. The van der Waals surface area contributed by atoms with Crippen molar-refractivity contribution in [1.29, 1.82) is 0 Å². The van der Waals surface area contributed by atoms with Crippen molar-refractivity contribution >= 4 is 10.9 Å². The third kappa shape index (κ3) is 2.03. The molecule has 20 heavy (non-hydrogen) atoms. The van der Waals surface area contributed by atoms with E-state index in [9.17, 15) is 5.11 Å². The lowest BCUT2D eigenvalue weighted by Crippen LogP contribution is -2.14. The highest BCUT2D eigenvalue weighted by atomic mass is 16.3. The molecular weight excluding hydrogens is 246 g/mol. The summed E-state index contributed by atoms with van der Waals surface area (Å²) in [5.74, 6) is 2.54. The van der Waals surface area contributed by atoms with Crippen LogP contribution in [0.3, 0.4) is 0 Å². The number of pyridine rings is 1. The molecule has 2 saturated carbocycles. The number of aromatic nitrogens is 1. The molecule has 2 heteroatoms. The van der Waals surface area contributed by atoms with E-state index in [0.717, 1.165) is 40.6 Å². The first kappa shape index (κ1) is 12.3. The molecule has 1 aromatic carbocycles. The van der Waals surface area contributed by atoms with Gasteiger partial charge in [0.1, 0.15) is 0 Å². The van der Waals surface area contributed by atoms with Crippen LogP contribution in [0.4, 0.5) is 0 Å². The van der Waals surface area contributed by atoms with Crippen LogP contribution in [-0.2, 0) is 0 Å². The average Bonchev–Trinajstić information content (AvgIpc) is 3.09. The Kier molecular flexibility index (Phi) is 2.99. The largest absolute Gasteiger partial charge is 0.388 e. The molecule has 0 spiro atoms. The summed E-state index contributed by atoms with van der Waals surface area (Å²) in [5, 5.41) is 11.8. The van der Waals surface area contributed by atoms with E-state index in [1.54, 1.807) is 0 Å². The highest BCUT2D eigenvalue weighted by Gasteiger charge is 2.40. The van der Waals surface area contributed by atoms with Gasteiger partial charge < -0.3 is 5.11 Å². The standard InChI is InChI=1S/C18H21NO/c20-17(11-15-10-12-6-7-14(15)9-12)16-5-1-3-13-4-2-8-19-18(13)16/h1-5,8,12,14-15,17,20H,6-7,9-11H2. The first-order valence-electron chi connectivity index (χ1n) is 7.83. The van der Waals surface area contributed by atoms with Crippen molar-refractivity contribution in [2.24, 2.45) is 17.8 Å². The summed E-state index contributed by atoms with van der Waals surface area (Å²) >= 11 is 0. The molecule has 104 valence electrons. The lowest BCUT2D eigenvalue weighted by Gasteiger charge is -2.24. The fourth-order valence-electron chi connectivity index (χ4n) is 4.48. The van der Waals surface area contributed by atoms with E-state index in [2.05, 4.69) is 17.1 Å². The minimum atomic E-state index is -0.363. The summed E-state index contributed by atoms with van der Waals surface area (Å²) in [6, 6.07) is 10.1. The van der Waals surface area contributed by atoms with Gasteiger partial charge in [-0.2, -0.15) is 0 Å². The van der Waals surface area contributed by atoms with Gasteiger partial charge in [0.2, 0.25) is 0 Å². The molecule has 4 rings (SSSR count). The Morgan fingerprint density at radius 3 is 2.85 bits per heavy atom. The Labute approximate surface area is 119 Å². The molecule has 2 aliphatic rings.